The minimum Gasteiger partial charge on any atom is -0.340 e. The summed E-state index contributed by atoms with van der Waals surface area (Å²) in [6.07, 6.45) is 4.72. The van der Waals surface area contributed by atoms with Crippen LogP contribution in [0.4, 0.5) is 0 Å². The third-order valence-electron chi connectivity index (χ3n) is 5.76. The Balaban J connectivity index is 1.36. The van der Waals surface area contributed by atoms with E-state index in [1.807, 2.05) is 0 Å². The SMILES string of the molecule is O=C(C1CCc2ccccc21)N1CCN(C2CCSCC2)CC1. The zero-order valence-corrected chi connectivity index (χ0v) is 14.6. The van der Waals surface area contributed by atoms with Crippen molar-refractivity contribution in [3.05, 3.63) is 35.4 Å². The number of carbonyl (C=O) groups is 1. The summed E-state index contributed by atoms with van der Waals surface area (Å²) < 4.78 is 0. The van der Waals surface area contributed by atoms with Crippen molar-refractivity contribution in [1.29, 1.82) is 0 Å². The smallest absolute Gasteiger partial charge is 0.230 e. The van der Waals surface area contributed by atoms with Crippen molar-refractivity contribution in [1.82, 2.24) is 9.80 Å². The van der Waals surface area contributed by atoms with E-state index in [9.17, 15) is 4.79 Å². The molecular weight excluding hydrogens is 304 g/mol. The van der Waals surface area contributed by atoms with Gasteiger partial charge in [0.1, 0.15) is 0 Å². The van der Waals surface area contributed by atoms with Crippen molar-refractivity contribution in [3.63, 3.8) is 0 Å². The Hall–Kier alpha value is -1.00. The number of thioether (sulfide) groups is 1. The van der Waals surface area contributed by atoms with Crippen molar-refractivity contribution in [2.45, 2.75) is 37.6 Å². The van der Waals surface area contributed by atoms with Gasteiger partial charge in [0.05, 0.1) is 5.92 Å². The molecule has 1 atom stereocenters. The number of fused-ring (bicyclic) bond motifs is 1. The van der Waals surface area contributed by atoms with Crippen LogP contribution in [0.1, 0.15) is 36.3 Å². The zero-order valence-electron chi connectivity index (χ0n) is 13.7. The molecule has 1 aliphatic carbocycles. The van der Waals surface area contributed by atoms with Crippen LogP contribution in [0.15, 0.2) is 24.3 Å². The lowest BCUT2D eigenvalue weighted by Gasteiger charge is -2.41. The molecule has 1 aromatic carbocycles. The molecule has 0 spiro atoms. The summed E-state index contributed by atoms with van der Waals surface area (Å²) in [5, 5.41) is 0. The maximum absolute atomic E-state index is 13.0. The van der Waals surface area contributed by atoms with E-state index in [2.05, 4.69) is 45.8 Å². The molecule has 1 aromatic rings. The van der Waals surface area contributed by atoms with Gasteiger partial charge >= 0.3 is 0 Å². The molecule has 4 rings (SSSR count). The van der Waals surface area contributed by atoms with Crippen molar-refractivity contribution in [2.24, 2.45) is 0 Å². The van der Waals surface area contributed by atoms with Crippen LogP contribution in [0.3, 0.4) is 0 Å². The van der Waals surface area contributed by atoms with Crippen LogP contribution in [0, 0.1) is 0 Å². The van der Waals surface area contributed by atoms with Crippen molar-refractivity contribution >= 4 is 17.7 Å². The summed E-state index contributed by atoms with van der Waals surface area (Å²) in [7, 11) is 0. The first kappa shape index (κ1) is 15.5. The molecule has 0 N–H and O–H groups in total. The quantitative estimate of drug-likeness (QED) is 0.833. The Morgan fingerprint density at radius 1 is 1.00 bits per heavy atom. The molecule has 1 amide bonds. The van der Waals surface area contributed by atoms with E-state index in [0.717, 1.165) is 45.1 Å². The average Bonchev–Trinajstić information content (AvgIpc) is 3.06. The number of benzene rings is 1. The highest BCUT2D eigenvalue weighted by molar-refractivity contribution is 7.99. The monoisotopic (exact) mass is 330 g/mol. The highest BCUT2D eigenvalue weighted by Crippen LogP contribution is 2.34. The molecule has 2 saturated heterocycles. The topological polar surface area (TPSA) is 23.6 Å². The van der Waals surface area contributed by atoms with Crippen LogP contribution in [-0.2, 0) is 11.2 Å². The van der Waals surface area contributed by atoms with Gasteiger partial charge < -0.3 is 4.90 Å². The Bertz CT molecular complexity index is 562. The van der Waals surface area contributed by atoms with Crippen LogP contribution in [0.25, 0.3) is 0 Å². The van der Waals surface area contributed by atoms with Gasteiger partial charge in [0.25, 0.3) is 0 Å². The Kier molecular flexibility index (Phi) is 4.63. The second kappa shape index (κ2) is 6.86. The zero-order chi connectivity index (χ0) is 15.6. The molecule has 2 aliphatic heterocycles. The summed E-state index contributed by atoms with van der Waals surface area (Å²) in [6, 6.07) is 9.26. The van der Waals surface area contributed by atoms with Gasteiger partial charge in [-0.3, -0.25) is 9.69 Å². The molecule has 0 bridgehead atoms. The van der Waals surface area contributed by atoms with Gasteiger partial charge in [-0.05, 0) is 48.3 Å². The standard InChI is InChI=1S/C19H26N2OS/c22-19(18-6-5-15-3-1-2-4-17(15)18)21-11-9-20(10-12-21)16-7-13-23-14-8-16/h1-4,16,18H,5-14H2. The van der Waals surface area contributed by atoms with Crippen LogP contribution in [-0.4, -0.2) is 59.4 Å². The van der Waals surface area contributed by atoms with E-state index >= 15 is 0 Å². The van der Waals surface area contributed by atoms with Crippen LogP contribution < -0.4 is 0 Å². The molecule has 3 aliphatic rings. The summed E-state index contributed by atoms with van der Waals surface area (Å²) in [5.74, 6) is 3.10. The molecule has 23 heavy (non-hydrogen) atoms. The lowest BCUT2D eigenvalue weighted by molar-refractivity contribution is -0.134. The van der Waals surface area contributed by atoms with E-state index in [1.165, 1.54) is 35.5 Å². The van der Waals surface area contributed by atoms with Gasteiger partial charge in [-0.25, -0.2) is 0 Å². The Morgan fingerprint density at radius 3 is 2.52 bits per heavy atom. The third-order valence-corrected chi connectivity index (χ3v) is 6.81. The highest BCUT2D eigenvalue weighted by atomic mass is 32.2. The molecule has 2 fully saturated rings. The molecule has 4 heteroatoms. The molecule has 0 aromatic heterocycles. The summed E-state index contributed by atoms with van der Waals surface area (Å²) in [6.45, 7) is 3.97. The molecule has 124 valence electrons. The maximum atomic E-state index is 13.0. The minimum atomic E-state index is 0.115. The largest absolute Gasteiger partial charge is 0.340 e. The normalized spacial score (nSPS) is 26.3. The van der Waals surface area contributed by atoms with Gasteiger partial charge in [-0.2, -0.15) is 11.8 Å². The molecule has 2 heterocycles. The third kappa shape index (κ3) is 3.16. The van der Waals surface area contributed by atoms with Crippen molar-refractivity contribution in [3.8, 4) is 0 Å². The van der Waals surface area contributed by atoms with E-state index in [1.54, 1.807) is 0 Å². The van der Waals surface area contributed by atoms with Crippen LogP contribution in [0.5, 0.6) is 0 Å². The van der Waals surface area contributed by atoms with Gasteiger partial charge in [0.15, 0.2) is 0 Å². The number of rotatable bonds is 2. The molecule has 3 nitrogen and oxygen atoms in total. The number of nitrogens with zero attached hydrogens (tertiary/aromatic N) is 2. The summed E-state index contributed by atoms with van der Waals surface area (Å²) in [5.41, 5.74) is 2.66. The fourth-order valence-corrected chi connectivity index (χ4v) is 5.47. The molecule has 1 unspecified atom stereocenters. The second-order valence-electron chi connectivity index (χ2n) is 6.99. The first-order valence-corrected chi connectivity index (χ1v) is 10.2. The number of piperazine rings is 1. The number of amides is 1. The second-order valence-corrected chi connectivity index (χ2v) is 8.22. The van der Waals surface area contributed by atoms with E-state index < -0.39 is 0 Å². The fraction of sp³-hybridized carbons (Fsp3) is 0.632. The number of carbonyl (C=O) groups excluding carboxylic acids is 1. The predicted molar refractivity (Wildman–Crippen MR) is 96.0 cm³/mol. The van der Waals surface area contributed by atoms with Crippen LogP contribution in [0.2, 0.25) is 0 Å². The minimum absolute atomic E-state index is 0.115. The maximum Gasteiger partial charge on any atom is 0.230 e. The van der Waals surface area contributed by atoms with Gasteiger partial charge in [-0.15, -0.1) is 0 Å². The van der Waals surface area contributed by atoms with Crippen LogP contribution >= 0.6 is 11.8 Å². The van der Waals surface area contributed by atoms with Crippen molar-refractivity contribution < 1.29 is 4.79 Å². The van der Waals surface area contributed by atoms with E-state index in [4.69, 9.17) is 0 Å². The molecule has 0 saturated carbocycles. The summed E-state index contributed by atoms with van der Waals surface area (Å²) in [4.78, 5) is 17.7. The number of aryl methyl sites for hydroxylation is 1. The fourth-order valence-electron chi connectivity index (χ4n) is 4.39. The first-order chi connectivity index (χ1) is 11.3. The number of hydrogen-bond donors (Lipinski definition) is 0. The molecule has 0 radical (unpaired) electrons. The first-order valence-electron chi connectivity index (χ1n) is 9.01. The lowest BCUT2D eigenvalue weighted by atomic mass is 9.99. The highest BCUT2D eigenvalue weighted by Gasteiger charge is 2.34. The predicted octanol–water partition coefficient (Wildman–Crippen LogP) is 2.76. The van der Waals surface area contributed by atoms with Crippen molar-refractivity contribution in [2.75, 3.05) is 37.7 Å². The van der Waals surface area contributed by atoms with E-state index in [-0.39, 0.29) is 5.92 Å². The molecular formula is C19H26N2OS. The average molecular weight is 330 g/mol. The summed E-state index contributed by atoms with van der Waals surface area (Å²) >= 11 is 2.09. The van der Waals surface area contributed by atoms with Gasteiger partial charge in [-0.1, -0.05) is 24.3 Å². The Labute approximate surface area is 143 Å². The lowest BCUT2D eigenvalue weighted by Crippen LogP contribution is -2.53. The van der Waals surface area contributed by atoms with E-state index in [0.29, 0.717) is 5.91 Å². The van der Waals surface area contributed by atoms with Gasteiger partial charge in [0, 0.05) is 32.2 Å². The Morgan fingerprint density at radius 2 is 1.74 bits per heavy atom. The number of hydrogen-bond acceptors (Lipinski definition) is 3. The van der Waals surface area contributed by atoms with Gasteiger partial charge in [0.2, 0.25) is 5.91 Å².